The number of hydrogen-bond acceptors (Lipinski definition) is 4. The van der Waals surface area contributed by atoms with Gasteiger partial charge in [0, 0.05) is 19.0 Å². The van der Waals surface area contributed by atoms with Crippen LogP contribution in [0.4, 0.5) is 11.5 Å². The molecule has 1 aromatic rings. The minimum atomic E-state index is 0.133. The quantitative estimate of drug-likeness (QED) is 0.699. The molecule has 2 heterocycles. The Bertz CT molecular complexity index is 405. The van der Waals surface area contributed by atoms with Crippen LogP contribution in [0.2, 0.25) is 0 Å². The van der Waals surface area contributed by atoms with Crippen molar-refractivity contribution in [3.63, 3.8) is 0 Å². The third-order valence-electron chi connectivity index (χ3n) is 2.70. The van der Waals surface area contributed by atoms with Crippen molar-refractivity contribution in [3.05, 3.63) is 17.8 Å². The largest absolute Gasteiger partial charge is 0.397 e. The van der Waals surface area contributed by atoms with Gasteiger partial charge in [-0.25, -0.2) is 4.98 Å². The van der Waals surface area contributed by atoms with E-state index < -0.39 is 0 Å². The predicted molar refractivity (Wildman–Crippen MR) is 63.0 cm³/mol. The van der Waals surface area contributed by atoms with Crippen LogP contribution in [0, 0.1) is 6.92 Å². The molecule has 1 amide bonds. The van der Waals surface area contributed by atoms with Gasteiger partial charge in [-0.3, -0.25) is 4.79 Å². The minimum Gasteiger partial charge on any atom is -0.397 e. The number of aryl methyl sites for hydroxylation is 1. The van der Waals surface area contributed by atoms with Crippen LogP contribution in [0.25, 0.3) is 0 Å². The Labute approximate surface area is 94.4 Å². The number of nitrogen functional groups attached to an aromatic ring is 1. The molecule has 1 saturated heterocycles. The number of aromatic nitrogens is 1. The number of amides is 1. The van der Waals surface area contributed by atoms with Gasteiger partial charge < -0.3 is 16.4 Å². The average Bonchev–Trinajstić information content (AvgIpc) is 2.63. The number of pyridine rings is 1. The Balaban J connectivity index is 1.92. The zero-order valence-corrected chi connectivity index (χ0v) is 9.29. The summed E-state index contributed by atoms with van der Waals surface area (Å²) in [7, 11) is 0. The van der Waals surface area contributed by atoms with Gasteiger partial charge >= 0.3 is 0 Å². The number of nitrogens with zero attached hydrogens (tertiary/aromatic N) is 1. The maximum atomic E-state index is 11.0. The maximum Gasteiger partial charge on any atom is 0.220 e. The smallest absolute Gasteiger partial charge is 0.220 e. The summed E-state index contributed by atoms with van der Waals surface area (Å²) in [5, 5.41) is 6.12. The number of rotatable bonds is 3. The number of carbonyl (C=O) groups is 1. The number of nitrogens with one attached hydrogen (secondary N) is 2. The molecule has 0 aliphatic carbocycles. The summed E-state index contributed by atoms with van der Waals surface area (Å²) in [6.07, 6.45) is 3.14. The lowest BCUT2D eigenvalue weighted by atomic mass is 10.2. The number of anilines is 2. The van der Waals surface area contributed by atoms with Crippen molar-refractivity contribution in [1.29, 1.82) is 0 Å². The Morgan fingerprint density at radius 1 is 1.69 bits per heavy atom. The number of nitrogens with two attached hydrogens (primary N) is 1. The van der Waals surface area contributed by atoms with Crippen molar-refractivity contribution in [1.82, 2.24) is 10.3 Å². The third-order valence-corrected chi connectivity index (χ3v) is 2.70. The van der Waals surface area contributed by atoms with Crippen LogP contribution in [-0.2, 0) is 4.79 Å². The summed E-state index contributed by atoms with van der Waals surface area (Å²) in [4.78, 5) is 15.2. The Morgan fingerprint density at radius 3 is 3.12 bits per heavy atom. The first-order valence-corrected chi connectivity index (χ1v) is 5.40. The van der Waals surface area contributed by atoms with E-state index in [0.717, 1.165) is 17.8 Å². The van der Waals surface area contributed by atoms with E-state index in [1.807, 2.05) is 13.0 Å². The molecule has 1 atom stereocenters. The summed E-state index contributed by atoms with van der Waals surface area (Å²) in [6, 6.07) is 2.09. The van der Waals surface area contributed by atoms with Gasteiger partial charge in [0.15, 0.2) is 0 Å². The standard InChI is InChI=1S/C11H16N4O/c1-7-4-8(12)5-13-11(7)14-6-9-2-3-10(16)15-9/h4-5,9H,2-3,6,12H2,1H3,(H,13,14)(H,15,16). The van der Waals surface area contributed by atoms with Crippen LogP contribution < -0.4 is 16.4 Å². The highest BCUT2D eigenvalue weighted by molar-refractivity contribution is 5.78. The van der Waals surface area contributed by atoms with E-state index in [2.05, 4.69) is 15.6 Å². The van der Waals surface area contributed by atoms with E-state index in [9.17, 15) is 4.79 Å². The zero-order valence-electron chi connectivity index (χ0n) is 9.29. The molecule has 86 valence electrons. The van der Waals surface area contributed by atoms with Crippen molar-refractivity contribution in [3.8, 4) is 0 Å². The maximum absolute atomic E-state index is 11.0. The highest BCUT2D eigenvalue weighted by Gasteiger charge is 2.20. The molecule has 1 aliphatic rings. The van der Waals surface area contributed by atoms with E-state index in [-0.39, 0.29) is 11.9 Å². The molecule has 1 unspecified atom stereocenters. The van der Waals surface area contributed by atoms with Crippen LogP contribution in [-0.4, -0.2) is 23.5 Å². The van der Waals surface area contributed by atoms with Gasteiger partial charge in [-0.05, 0) is 25.0 Å². The molecule has 5 nitrogen and oxygen atoms in total. The van der Waals surface area contributed by atoms with Crippen molar-refractivity contribution >= 4 is 17.4 Å². The van der Waals surface area contributed by atoms with Crippen molar-refractivity contribution < 1.29 is 4.79 Å². The second kappa shape index (κ2) is 4.38. The molecule has 1 aliphatic heterocycles. The fraction of sp³-hybridized carbons (Fsp3) is 0.455. The number of hydrogen-bond donors (Lipinski definition) is 3. The van der Waals surface area contributed by atoms with Gasteiger partial charge in [-0.15, -0.1) is 0 Å². The highest BCUT2D eigenvalue weighted by atomic mass is 16.1. The van der Waals surface area contributed by atoms with E-state index in [0.29, 0.717) is 18.7 Å². The van der Waals surface area contributed by atoms with Crippen molar-refractivity contribution in [2.24, 2.45) is 0 Å². The molecular formula is C11H16N4O. The topological polar surface area (TPSA) is 80.0 Å². The summed E-state index contributed by atoms with van der Waals surface area (Å²) in [5.74, 6) is 0.962. The van der Waals surface area contributed by atoms with Crippen molar-refractivity contribution in [2.45, 2.75) is 25.8 Å². The summed E-state index contributed by atoms with van der Waals surface area (Å²) in [5.41, 5.74) is 7.30. The summed E-state index contributed by atoms with van der Waals surface area (Å²) in [6.45, 7) is 2.67. The second-order valence-electron chi connectivity index (χ2n) is 4.12. The van der Waals surface area contributed by atoms with E-state index in [1.165, 1.54) is 0 Å². The normalized spacial score (nSPS) is 19.6. The summed E-state index contributed by atoms with van der Waals surface area (Å²) < 4.78 is 0. The third kappa shape index (κ3) is 2.42. The molecule has 0 saturated carbocycles. The first-order chi connectivity index (χ1) is 7.65. The minimum absolute atomic E-state index is 0.133. The lowest BCUT2D eigenvalue weighted by Crippen LogP contribution is -2.32. The first-order valence-electron chi connectivity index (χ1n) is 5.40. The lowest BCUT2D eigenvalue weighted by Gasteiger charge is -2.13. The molecule has 4 N–H and O–H groups in total. The van der Waals surface area contributed by atoms with Crippen LogP contribution in [0.1, 0.15) is 18.4 Å². The molecule has 2 rings (SSSR count). The van der Waals surface area contributed by atoms with Crippen molar-refractivity contribution in [2.75, 3.05) is 17.6 Å². The molecule has 5 heteroatoms. The van der Waals surface area contributed by atoms with E-state index >= 15 is 0 Å². The SMILES string of the molecule is Cc1cc(N)cnc1NCC1CCC(=O)N1. The molecule has 1 fully saturated rings. The van der Waals surface area contributed by atoms with Gasteiger partial charge in [0.1, 0.15) is 5.82 Å². The molecule has 0 bridgehead atoms. The Hall–Kier alpha value is -1.78. The molecule has 1 aromatic heterocycles. The molecule has 0 spiro atoms. The van der Waals surface area contributed by atoms with E-state index in [4.69, 9.17) is 5.73 Å². The van der Waals surface area contributed by atoms with Gasteiger partial charge in [-0.2, -0.15) is 0 Å². The van der Waals surface area contributed by atoms with Gasteiger partial charge in [-0.1, -0.05) is 0 Å². The highest BCUT2D eigenvalue weighted by Crippen LogP contribution is 2.14. The second-order valence-corrected chi connectivity index (χ2v) is 4.12. The fourth-order valence-electron chi connectivity index (χ4n) is 1.83. The Kier molecular flexibility index (Phi) is 2.94. The van der Waals surface area contributed by atoms with Crippen LogP contribution in [0.3, 0.4) is 0 Å². The fourth-order valence-corrected chi connectivity index (χ4v) is 1.83. The van der Waals surface area contributed by atoms with Gasteiger partial charge in [0.05, 0.1) is 11.9 Å². The zero-order chi connectivity index (χ0) is 11.5. The lowest BCUT2D eigenvalue weighted by molar-refractivity contribution is -0.119. The molecule has 0 aromatic carbocycles. The van der Waals surface area contributed by atoms with Crippen LogP contribution in [0.15, 0.2) is 12.3 Å². The van der Waals surface area contributed by atoms with Gasteiger partial charge in [0.2, 0.25) is 5.91 Å². The first kappa shape index (κ1) is 10.7. The number of carbonyl (C=O) groups excluding carboxylic acids is 1. The average molecular weight is 220 g/mol. The predicted octanol–water partition coefficient (Wildman–Crippen LogP) is 0.663. The monoisotopic (exact) mass is 220 g/mol. The molecule has 16 heavy (non-hydrogen) atoms. The Morgan fingerprint density at radius 2 is 2.50 bits per heavy atom. The molecule has 0 radical (unpaired) electrons. The van der Waals surface area contributed by atoms with E-state index in [1.54, 1.807) is 6.20 Å². The van der Waals surface area contributed by atoms with Crippen LogP contribution in [0.5, 0.6) is 0 Å². The van der Waals surface area contributed by atoms with Crippen LogP contribution >= 0.6 is 0 Å². The summed E-state index contributed by atoms with van der Waals surface area (Å²) >= 11 is 0. The van der Waals surface area contributed by atoms with Gasteiger partial charge in [0.25, 0.3) is 0 Å². The molecular weight excluding hydrogens is 204 g/mol.